The number of nitrogens with zero attached hydrogens (tertiary/aromatic N) is 2. The minimum absolute atomic E-state index is 0.421. The number of hydrogen-bond acceptors (Lipinski definition) is 3. The summed E-state index contributed by atoms with van der Waals surface area (Å²) in [5.41, 5.74) is 5.87. The van der Waals surface area contributed by atoms with E-state index < -0.39 is 0 Å². The molecule has 1 fully saturated rings. The number of aryl methyl sites for hydroxylation is 3. The van der Waals surface area contributed by atoms with Gasteiger partial charge in [0, 0.05) is 28.6 Å². The lowest BCUT2D eigenvalue weighted by Crippen LogP contribution is -2.28. The van der Waals surface area contributed by atoms with Gasteiger partial charge in [-0.05, 0) is 45.7 Å². The Morgan fingerprint density at radius 3 is 2.33 bits per heavy atom. The van der Waals surface area contributed by atoms with E-state index in [0.29, 0.717) is 6.04 Å². The van der Waals surface area contributed by atoms with Crippen molar-refractivity contribution >= 4 is 0 Å². The summed E-state index contributed by atoms with van der Waals surface area (Å²) in [5.74, 6) is 0.850. The molecule has 21 heavy (non-hydrogen) atoms. The van der Waals surface area contributed by atoms with Gasteiger partial charge in [0.25, 0.3) is 0 Å². The maximum absolute atomic E-state index is 4.79. The van der Waals surface area contributed by atoms with Gasteiger partial charge in [-0.2, -0.15) is 0 Å². The van der Waals surface area contributed by atoms with Crippen LogP contribution in [0.2, 0.25) is 0 Å². The van der Waals surface area contributed by atoms with Gasteiger partial charge in [0.2, 0.25) is 0 Å². The largest absolute Gasteiger partial charge is 0.310 e. The van der Waals surface area contributed by atoms with Gasteiger partial charge in [0.15, 0.2) is 5.82 Å². The van der Waals surface area contributed by atoms with Crippen molar-refractivity contribution in [1.29, 1.82) is 0 Å². The Kier molecular flexibility index (Phi) is 4.02. The fraction of sp³-hybridized carbons (Fsp3) is 0.444. The predicted molar refractivity (Wildman–Crippen MR) is 86.3 cm³/mol. The Labute approximate surface area is 126 Å². The smallest absolute Gasteiger partial charge is 0.159 e. The highest BCUT2D eigenvalue weighted by Gasteiger charge is 2.21. The molecular weight excluding hydrogens is 258 g/mol. The van der Waals surface area contributed by atoms with Crippen LogP contribution in [0.5, 0.6) is 0 Å². The second kappa shape index (κ2) is 5.94. The summed E-state index contributed by atoms with van der Waals surface area (Å²) in [6, 6.07) is 8.73. The van der Waals surface area contributed by atoms with Gasteiger partial charge >= 0.3 is 0 Å². The maximum Gasteiger partial charge on any atom is 0.159 e. The molecule has 0 bridgehead atoms. The number of nitrogens with one attached hydrogen (secondary N) is 1. The zero-order chi connectivity index (χ0) is 14.8. The average Bonchev–Trinajstić information content (AvgIpc) is 2.48. The normalized spacial score (nSPS) is 18.7. The first kappa shape index (κ1) is 14.2. The van der Waals surface area contributed by atoms with Crippen molar-refractivity contribution < 1.29 is 0 Å². The Balaban J connectivity index is 2.02. The highest BCUT2D eigenvalue weighted by Crippen LogP contribution is 2.29. The molecule has 1 aromatic heterocycles. The van der Waals surface area contributed by atoms with Crippen LogP contribution in [0.25, 0.3) is 11.4 Å². The Morgan fingerprint density at radius 1 is 1.00 bits per heavy atom. The van der Waals surface area contributed by atoms with Gasteiger partial charge in [-0.15, -0.1) is 0 Å². The Morgan fingerprint density at radius 2 is 1.71 bits per heavy atom. The van der Waals surface area contributed by atoms with E-state index in [1.54, 1.807) is 0 Å². The van der Waals surface area contributed by atoms with Crippen molar-refractivity contribution in [3.8, 4) is 11.4 Å². The van der Waals surface area contributed by atoms with Crippen LogP contribution in [-0.4, -0.2) is 16.5 Å². The van der Waals surface area contributed by atoms with Crippen molar-refractivity contribution in [2.75, 3.05) is 6.54 Å². The minimum atomic E-state index is 0.421. The van der Waals surface area contributed by atoms with Crippen LogP contribution in [0, 0.1) is 20.8 Å². The third kappa shape index (κ3) is 2.84. The third-order valence-electron chi connectivity index (χ3n) is 4.37. The molecule has 1 saturated heterocycles. The number of rotatable bonds is 2. The van der Waals surface area contributed by atoms with Gasteiger partial charge in [0.05, 0.1) is 0 Å². The molecule has 110 valence electrons. The average molecular weight is 281 g/mol. The Hall–Kier alpha value is -1.74. The lowest BCUT2D eigenvalue weighted by Gasteiger charge is -2.26. The second-order valence-corrected chi connectivity index (χ2v) is 5.95. The van der Waals surface area contributed by atoms with Gasteiger partial charge in [-0.1, -0.05) is 30.7 Å². The van der Waals surface area contributed by atoms with Crippen LogP contribution in [0.4, 0.5) is 0 Å². The molecule has 2 aromatic rings. The van der Waals surface area contributed by atoms with Crippen LogP contribution in [0.3, 0.4) is 0 Å². The number of benzene rings is 1. The van der Waals surface area contributed by atoms with Crippen LogP contribution < -0.4 is 5.32 Å². The fourth-order valence-electron chi connectivity index (χ4n) is 3.27. The van der Waals surface area contributed by atoms with E-state index in [1.165, 1.54) is 30.4 Å². The van der Waals surface area contributed by atoms with Crippen LogP contribution in [-0.2, 0) is 0 Å². The molecule has 3 rings (SSSR count). The summed E-state index contributed by atoms with van der Waals surface area (Å²) in [5, 5.41) is 3.61. The van der Waals surface area contributed by atoms with Gasteiger partial charge in [-0.25, -0.2) is 9.97 Å². The summed E-state index contributed by atoms with van der Waals surface area (Å²) in [7, 11) is 0. The molecule has 2 heterocycles. The molecule has 1 aliphatic heterocycles. The summed E-state index contributed by atoms with van der Waals surface area (Å²) < 4.78 is 0. The first-order valence-corrected chi connectivity index (χ1v) is 7.81. The molecule has 1 aromatic carbocycles. The zero-order valence-electron chi connectivity index (χ0n) is 13.1. The summed E-state index contributed by atoms with van der Waals surface area (Å²) in [6.45, 7) is 7.44. The highest BCUT2D eigenvalue weighted by molar-refractivity contribution is 5.60. The molecule has 3 heteroatoms. The lowest BCUT2D eigenvalue weighted by molar-refractivity contribution is 0.408. The molecule has 0 amide bonds. The molecule has 1 aliphatic rings. The number of piperidine rings is 1. The van der Waals surface area contributed by atoms with Gasteiger partial charge in [-0.3, -0.25) is 0 Å². The molecular formula is C18H23N3. The lowest BCUT2D eigenvalue weighted by atomic mass is 9.95. The molecule has 1 atom stereocenters. The molecule has 0 saturated carbocycles. The highest BCUT2D eigenvalue weighted by atomic mass is 15.0. The van der Waals surface area contributed by atoms with E-state index >= 15 is 0 Å². The van der Waals surface area contributed by atoms with E-state index in [2.05, 4.69) is 44.3 Å². The topological polar surface area (TPSA) is 37.8 Å². The van der Waals surface area contributed by atoms with Crippen molar-refractivity contribution in [2.45, 2.75) is 46.1 Å². The summed E-state index contributed by atoms with van der Waals surface area (Å²) >= 11 is 0. The van der Waals surface area contributed by atoms with Gasteiger partial charge < -0.3 is 5.32 Å². The number of aromatic nitrogens is 2. The Bertz CT molecular complexity index is 620. The summed E-state index contributed by atoms with van der Waals surface area (Å²) in [4.78, 5) is 9.58. The zero-order valence-corrected chi connectivity index (χ0v) is 13.1. The second-order valence-electron chi connectivity index (χ2n) is 5.95. The molecule has 1 N–H and O–H groups in total. The van der Waals surface area contributed by atoms with E-state index in [-0.39, 0.29) is 0 Å². The van der Waals surface area contributed by atoms with E-state index in [4.69, 9.17) is 9.97 Å². The minimum Gasteiger partial charge on any atom is -0.310 e. The monoisotopic (exact) mass is 281 g/mol. The van der Waals surface area contributed by atoms with E-state index in [9.17, 15) is 0 Å². The molecule has 0 aliphatic carbocycles. The molecule has 1 unspecified atom stereocenters. The van der Waals surface area contributed by atoms with Crippen molar-refractivity contribution in [3.05, 3.63) is 46.8 Å². The predicted octanol–water partition coefficient (Wildman–Crippen LogP) is 3.88. The quantitative estimate of drug-likeness (QED) is 0.907. The summed E-state index contributed by atoms with van der Waals surface area (Å²) in [6.07, 6.45) is 3.75. The SMILES string of the molecule is Cc1ccccc1-c1nc(C)c(C2CCCCN2)c(C)n1. The molecule has 0 spiro atoms. The third-order valence-corrected chi connectivity index (χ3v) is 4.37. The van der Waals surface area contributed by atoms with Gasteiger partial charge in [0.1, 0.15) is 0 Å². The van der Waals surface area contributed by atoms with Crippen molar-refractivity contribution in [2.24, 2.45) is 0 Å². The maximum atomic E-state index is 4.79. The van der Waals surface area contributed by atoms with Crippen LogP contribution in [0.15, 0.2) is 24.3 Å². The first-order chi connectivity index (χ1) is 10.2. The first-order valence-electron chi connectivity index (χ1n) is 7.81. The van der Waals surface area contributed by atoms with Crippen LogP contribution >= 0.6 is 0 Å². The molecule has 0 radical (unpaired) electrons. The van der Waals surface area contributed by atoms with Crippen molar-refractivity contribution in [1.82, 2.24) is 15.3 Å². The van der Waals surface area contributed by atoms with E-state index in [0.717, 1.165) is 29.3 Å². The van der Waals surface area contributed by atoms with E-state index in [1.807, 2.05) is 6.07 Å². The number of hydrogen-bond donors (Lipinski definition) is 1. The standard InChI is InChI=1S/C18H23N3/c1-12-8-4-5-9-15(12)18-20-13(2)17(14(3)21-18)16-10-6-7-11-19-16/h4-5,8-9,16,19H,6-7,10-11H2,1-3H3. The van der Waals surface area contributed by atoms with Crippen LogP contribution in [0.1, 0.15) is 47.8 Å². The molecule has 3 nitrogen and oxygen atoms in total. The van der Waals surface area contributed by atoms with Crippen molar-refractivity contribution in [3.63, 3.8) is 0 Å². The fourth-order valence-corrected chi connectivity index (χ4v) is 3.27.